The zero-order valence-electron chi connectivity index (χ0n) is 10.1. The molecule has 102 valence electrons. The minimum Gasteiger partial charge on any atom is -0.351 e. The molecule has 0 aliphatic heterocycles. The lowest BCUT2D eigenvalue weighted by molar-refractivity contribution is 0.0949. The van der Waals surface area contributed by atoms with Gasteiger partial charge in [0.05, 0.1) is 5.56 Å². The Kier molecular flexibility index (Phi) is 9.31. The van der Waals surface area contributed by atoms with E-state index in [9.17, 15) is 9.18 Å². The Morgan fingerprint density at radius 3 is 2.67 bits per heavy atom. The van der Waals surface area contributed by atoms with E-state index in [0.29, 0.717) is 16.7 Å². The van der Waals surface area contributed by atoms with Crippen molar-refractivity contribution in [1.29, 1.82) is 0 Å². The molecule has 0 aromatic heterocycles. The van der Waals surface area contributed by atoms with Gasteiger partial charge in [0.15, 0.2) is 0 Å². The molecule has 0 atom stereocenters. The van der Waals surface area contributed by atoms with E-state index in [2.05, 4.69) is 17.6 Å². The van der Waals surface area contributed by atoms with Crippen LogP contribution in [0.1, 0.15) is 23.7 Å². The van der Waals surface area contributed by atoms with Crippen molar-refractivity contribution in [3.63, 3.8) is 0 Å². The minimum absolute atomic E-state index is 0. The molecule has 0 bridgehead atoms. The predicted octanol–water partition coefficient (Wildman–Crippen LogP) is 2.58. The first-order valence-electron chi connectivity index (χ1n) is 5.59. The Balaban J connectivity index is 0.00000289. The summed E-state index contributed by atoms with van der Waals surface area (Å²) in [6.07, 6.45) is 1.05. The summed E-state index contributed by atoms with van der Waals surface area (Å²) in [6.45, 7) is 4.20. The van der Waals surface area contributed by atoms with Crippen molar-refractivity contribution in [1.82, 2.24) is 10.6 Å². The van der Waals surface area contributed by atoms with Gasteiger partial charge in [0, 0.05) is 16.7 Å². The lowest BCUT2D eigenvalue weighted by Crippen LogP contribution is -2.33. The van der Waals surface area contributed by atoms with Gasteiger partial charge in [-0.15, -0.1) is 12.4 Å². The Bertz CT molecular complexity index is 370. The topological polar surface area (TPSA) is 41.1 Å². The van der Waals surface area contributed by atoms with Gasteiger partial charge in [-0.1, -0.05) is 13.0 Å². The van der Waals surface area contributed by atoms with Crippen LogP contribution in [0.25, 0.3) is 0 Å². The number of rotatable bonds is 6. The van der Waals surface area contributed by atoms with Crippen LogP contribution in [0.3, 0.4) is 0 Å². The fourth-order valence-corrected chi connectivity index (χ4v) is 2.08. The van der Waals surface area contributed by atoms with Gasteiger partial charge < -0.3 is 10.6 Å². The Hall–Kier alpha value is -0.400. The SMILES string of the molecule is CCCNCCNC(=O)c1c(F)cccc1I.Cl. The van der Waals surface area contributed by atoms with Crippen molar-refractivity contribution >= 4 is 40.9 Å². The Morgan fingerprint density at radius 2 is 2.06 bits per heavy atom. The van der Waals surface area contributed by atoms with Crippen molar-refractivity contribution in [2.24, 2.45) is 0 Å². The molecule has 0 fully saturated rings. The molecule has 1 aromatic rings. The largest absolute Gasteiger partial charge is 0.351 e. The number of amides is 1. The van der Waals surface area contributed by atoms with Gasteiger partial charge in [0.2, 0.25) is 0 Å². The van der Waals surface area contributed by atoms with Crippen molar-refractivity contribution in [3.05, 3.63) is 33.1 Å². The van der Waals surface area contributed by atoms with E-state index in [0.717, 1.165) is 13.0 Å². The summed E-state index contributed by atoms with van der Waals surface area (Å²) in [5.74, 6) is -0.832. The number of carbonyl (C=O) groups is 1. The molecule has 0 saturated heterocycles. The highest BCUT2D eigenvalue weighted by Gasteiger charge is 2.14. The molecule has 0 radical (unpaired) electrons. The number of hydrogen-bond donors (Lipinski definition) is 2. The summed E-state index contributed by atoms with van der Waals surface area (Å²) < 4.78 is 14.1. The molecule has 1 amide bonds. The van der Waals surface area contributed by atoms with Gasteiger partial charge in [-0.05, 0) is 47.7 Å². The first-order valence-corrected chi connectivity index (χ1v) is 6.67. The predicted molar refractivity (Wildman–Crippen MR) is 81.9 cm³/mol. The van der Waals surface area contributed by atoms with Gasteiger partial charge in [-0.25, -0.2) is 4.39 Å². The second kappa shape index (κ2) is 9.52. The number of hydrogen-bond acceptors (Lipinski definition) is 2. The van der Waals surface area contributed by atoms with Crippen LogP contribution in [-0.4, -0.2) is 25.5 Å². The molecular formula is C12H17ClFIN2O. The van der Waals surface area contributed by atoms with Crippen LogP contribution in [0.15, 0.2) is 18.2 Å². The molecule has 0 aliphatic rings. The van der Waals surface area contributed by atoms with Gasteiger partial charge in [-0.3, -0.25) is 4.79 Å². The lowest BCUT2D eigenvalue weighted by Gasteiger charge is -2.08. The third kappa shape index (κ3) is 5.49. The fourth-order valence-electron chi connectivity index (χ4n) is 1.37. The van der Waals surface area contributed by atoms with Gasteiger partial charge in [-0.2, -0.15) is 0 Å². The third-order valence-electron chi connectivity index (χ3n) is 2.20. The highest BCUT2D eigenvalue weighted by atomic mass is 127. The maximum absolute atomic E-state index is 13.4. The molecule has 0 spiro atoms. The molecule has 0 saturated carbocycles. The summed E-state index contributed by atoms with van der Waals surface area (Å²) in [5, 5.41) is 5.85. The lowest BCUT2D eigenvalue weighted by atomic mass is 10.2. The zero-order chi connectivity index (χ0) is 12.7. The maximum atomic E-state index is 13.4. The van der Waals surface area contributed by atoms with E-state index >= 15 is 0 Å². The highest BCUT2D eigenvalue weighted by Crippen LogP contribution is 2.15. The number of carbonyl (C=O) groups excluding carboxylic acids is 1. The highest BCUT2D eigenvalue weighted by molar-refractivity contribution is 14.1. The summed E-state index contributed by atoms with van der Waals surface area (Å²) in [5.41, 5.74) is 0.128. The molecule has 0 heterocycles. The first kappa shape index (κ1) is 17.6. The summed E-state index contributed by atoms with van der Waals surface area (Å²) in [4.78, 5) is 11.7. The van der Waals surface area contributed by atoms with Crippen molar-refractivity contribution in [3.8, 4) is 0 Å². The molecule has 1 rings (SSSR count). The monoisotopic (exact) mass is 386 g/mol. The quantitative estimate of drug-likeness (QED) is 0.583. The smallest absolute Gasteiger partial charge is 0.255 e. The van der Waals surface area contributed by atoms with E-state index in [1.807, 2.05) is 22.6 Å². The van der Waals surface area contributed by atoms with Crippen LogP contribution in [-0.2, 0) is 0 Å². The summed E-state index contributed by atoms with van der Waals surface area (Å²) >= 11 is 1.96. The Morgan fingerprint density at radius 1 is 1.33 bits per heavy atom. The average molecular weight is 387 g/mol. The first-order chi connectivity index (χ1) is 8.16. The number of nitrogens with one attached hydrogen (secondary N) is 2. The van der Waals surface area contributed by atoms with E-state index in [1.54, 1.807) is 12.1 Å². The molecule has 1 aromatic carbocycles. The van der Waals surface area contributed by atoms with Crippen LogP contribution in [0.4, 0.5) is 4.39 Å². The Labute approximate surface area is 126 Å². The van der Waals surface area contributed by atoms with Crippen LogP contribution >= 0.6 is 35.0 Å². The van der Waals surface area contributed by atoms with Gasteiger partial charge >= 0.3 is 0 Å². The summed E-state index contributed by atoms with van der Waals surface area (Å²) in [6, 6.07) is 4.61. The normalized spacial score (nSPS) is 9.72. The van der Waals surface area contributed by atoms with E-state index in [4.69, 9.17) is 0 Å². The molecule has 3 nitrogen and oxygen atoms in total. The van der Waals surface area contributed by atoms with Crippen molar-refractivity contribution in [2.75, 3.05) is 19.6 Å². The zero-order valence-corrected chi connectivity index (χ0v) is 13.1. The second-order valence-electron chi connectivity index (χ2n) is 3.60. The van der Waals surface area contributed by atoms with E-state index in [-0.39, 0.29) is 23.9 Å². The van der Waals surface area contributed by atoms with Crippen molar-refractivity contribution in [2.45, 2.75) is 13.3 Å². The molecular weight excluding hydrogens is 370 g/mol. The van der Waals surface area contributed by atoms with Crippen LogP contribution in [0, 0.1) is 9.39 Å². The molecule has 18 heavy (non-hydrogen) atoms. The number of benzene rings is 1. The molecule has 0 unspecified atom stereocenters. The standard InChI is InChI=1S/C12H16FIN2O.ClH/c1-2-6-15-7-8-16-12(17)11-9(13)4-3-5-10(11)14;/h3-5,15H,2,6-8H2,1H3,(H,16,17);1H. The number of halogens is 3. The fraction of sp³-hybridized carbons (Fsp3) is 0.417. The van der Waals surface area contributed by atoms with E-state index < -0.39 is 5.82 Å². The second-order valence-corrected chi connectivity index (χ2v) is 4.76. The maximum Gasteiger partial charge on any atom is 0.255 e. The van der Waals surface area contributed by atoms with E-state index in [1.165, 1.54) is 6.07 Å². The van der Waals surface area contributed by atoms with Crippen LogP contribution < -0.4 is 10.6 Å². The average Bonchev–Trinajstić information content (AvgIpc) is 2.28. The minimum atomic E-state index is -0.476. The summed E-state index contributed by atoms with van der Waals surface area (Å²) in [7, 11) is 0. The van der Waals surface area contributed by atoms with Crippen LogP contribution in [0.5, 0.6) is 0 Å². The van der Waals surface area contributed by atoms with Crippen LogP contribution in [0.2, 0.25) is 0 Å². The molecule has 6 heteroatoms. The molecule has 0 aliphatic carbocycles. The van der Waals surface area contributed by atoms with Crippen molar-refractivity contribution < 1.29 is 9.18 Å². The van der Waals surface area contributed by atoms with Gasteiger partial charge in [0.25, 0.3) is 5.91 Å². The van der Waals surface area contributed by atoms with Gasteiger partial charge in [0.1, 0.15) is 5.82 Å². The molecule has 2 N–H and O–H groups in total. The third-order valence-corrected chi connectivity index (χ3v) is 3.10.